The Morgan fingerprint density at radius 2 is 2.12 bits per heavy atom. The summed E-state index contributed by atoms with van der Waals surface area (Å²) in [4.78, 5) is 31.2. The van der Waals surface area contributed by atoms with Gasteiger partial charge in [0, 0.05) is 56.5 Å². The summed E-state index contributed by atoms with van der Waals surface area (Å²) >= 11 is 0. The number of aryl methyl sites for hydroxylation is 2. The van der Waals surface area contributed by atoms with Gasteiger partial charge in [0.05, 0.1) is 0 Å². The van der Waals surface area contributed by atoms with Gasteiger partial charge in [-0.25, -0.2) is 0 Å². The van der Waals surface area contributed by atoms with E-state index in [-0.39, 0.29) is 17.4 Å². The van der Waals surface area contributed by atoms with E-state index in [0.717, 1.165) is 55.9 Å². The molecular weight excluding hydrogens is 318 g/mol. The highest BCUT2D eigenvalue weighted by Gasteiger charge is 2.31. The molecule has 0 unspecified atom stereocenters. The second-order valence-corrected chi connectivity index (χ2v) is 7.03. The molecule has 0 aliphatic carbocycles. The highest BCUT2D eigenvalue weighted by Crippen LogP contribution is 2.31. The van der Waals surface area contributed by atoms with Crippen LogP contribution in [-0.2, 0) is 20.0 Å². The lowest BCUT2D eigenvalue weighted by Gasteiger charge is -2.34. The molecule has 0 bridgehead atoms. The number of carbonyl (C=O) groups excluding carboxylic acids is 1. The number of amides is 1. The van der Waals surface area contributed by atoms with Crippen molar-refractivity contribution < 1.29 is 4.79 Å². The SMILES string of the molecule is Cc1c([C@H]2CCCN(C(=O)c3ccnn3C)C2)n2c(nc1=O)CCC2. The molecule has 2 aliphatic rings. The van der Waals surface area contributed by atoms with E-state index >= 15 is 0 Å². The fourth-order valence-electron chi connectivity index (χ4n) is 4.21. The van der Waals surface area contributed by atoms with Crippen LogP contribution in [0.1, 0.15) is 52.8 Å². The van der Waals surface area contributed by atoms with Gasteiger partial charge in [0.15, 0.2) is 0 Å². The predicted molar refractivity (Wildman–Crippen MR) is 92.6 cm³/mol. The molecular formula is C18H23N5O2. The molecule has 1 amide bonds. The average Bonchev–Trinajstić information content (AvgIpc) is 3.24. The summed E-state index contributed by atoms with van der Waals surface area (Å²) in [7, 11) is 1.79. The number of carbonyl (C=O) groups is 1. The summed E-state index contributed by atoms with van der Waals surface area (Å²) in [6.07, 6.45) is 5.49. The normalized spacial score (nSPS) is 19.9. The molecule has 4 heterocycles. The van der Waals surface area contributed by atoms with E-state index in [4.69, 9.17) is 0 Å². The number of rotatable bonds is 2. The van der Waals surface area contributed by atoms with Gasteiger partial charge in [0.1, 0.15) is 11.5 Å². The largest absolute Gasteiger partial charge is 0.337 e. The van der Waals surface area contributed by atoms with E-state index in [1.807, 2.05) is 11.8 Å². The minimum atomic E-state index is -0.113. The minimum absolute atomic E-state index is 0.0143. The van der Waals surface area contributed by atoms with Gasteiger partial charge < -0.3 is 9.47 Å². The van der Waals surface area contributed by atoms with Gasteiger partial charge in [-0.3, -0.25) is 14.3 Å². The zero-order valence-electron chi connectivity index (χ0n) is 14.7. The number of hydrogen-bond donors (Lipinski definition) is 0. The van der Waals surface area contributed by atoms with Crippen molar-refractivity contribution >= 4 is 5.91 Å². The van der Waals surface area contributed by atoms with E-state index in [1.54, 1.807) is 24.0 Å². The van der Waals surface area contributed by atoms with Crippen LogP contribution in [0.5, 0.6) is 0 Å². The van der Waals surface area contributed by atoms with Gasteiger partial charge >= 0.3 is 0 Å². The van der Waals surface area contributed by atoms with E-state index in [1.165, 1.54) is 0 Å². The van der Waals surface area contributed by atoms with Crippen molar-refractivity contribution in [2.24, 2.45) is 7.05 Å². The van der Waals surface area contributed by atoms with Crippen molar-refractivity contribution in [3.05, 3.63) is 45.4 Å². The zero-order chi connectivity index (χ0) is 17.6. The summed E-state index contributed by atoms with van der Waals surface area (Å²) in [5, 5.41) is 4.10. The quantitative estimate of drug-likeness (QED) is 0.824. The minimum Gasteiger partial charge on any atom is -0.337 e. The average molecular weight is 341 g/mol. The molecule has 0 spiro atoms. The third-order valence-electron chi connectivity index (χ3n) is 5.46. The number of nitrogens with zero attached hydrogens (tertiary/aromatic N) is 5. The van der Waals surface area contributed by atoms with Crippen molar-refractivity contribution in [1.29, 1.82) is 0 Å². The lowest BCUT2D eigenvalue weighted by Crippen LogP contribution is -2.41. The fourth-order valence-corrected chi connectivity index (χ4v) is 4.21. The first-order valence-electron chi connectivity index (χ1n) is 8.93. The molecule has 2 aliphatic heterocycles. The monoisotopic (exact) mass is 341 g/mol. The molecule has 0 N–H and O–H groups in total. The Labute approximate surface area is 146 Å². The number of hydrogen-bond acceptors (Lipinski definition) is 4. The number of piperidine rings is 1. The lowest BCUT2D eigenvalue weighted by molar-refractivity contribution is 0.0693. The van der Waals surface area contributed by atoms with Crippen LogP contribution in [0, 0.1) is 6.92 Å². The molecule has 25 heavy (non-hydrogen) atoms. The van der Waals surface area contributed by atoms with Crippen molar-refractivity contribution in [3.8, 4) is 0 Å². The van der Waals surface area contributed by atoms with Crippen molar-refractivity contribution in [2.45, 2.75) is 45.1 Å². The van der Waals surface area contributed by atoms with Gasteiger partial charge in [-0.1, -0.05) is 0 Å². The summed E-state index contributed by atoms with van der Waals surface area (Å²) in [5.41, 5.74) is 2.33. The van der Waals surface area contributed by atoms with E-state index in [9.17, 15) is 9.59 Å². The van der Waals surface area contributed by atoms with Crippen molar-refractivity contribution in [2.75, 3.05) is 13.1 Å². The second kappa shape index (κ2) is 6.13. The molecule has 1 atom stereocenters. The van der Waals surface area contributed by atoms with Gasteiger partial charge in [-0.2, -0.15) is 10.1 Å². The third-order valence-corrected chi connectivity index (χ3v) is 5.46. The number of fused-ring (bicyclic) bond motifs is 1. The molecule has 0 saturated carbocycles. The molecule has 132 valence electrons. The standard InChI is InChI=1S/C18H23N5O2/c1-12-16(23-10-4-6-15(23)20-17(12)24)13-5-3-9-22(11-13)18(25)14-7-8-19-21(14)2/h7-8,13H,3-6,9-11H2,1-2H3/t13-/m0/s1. The Morgan fingerprint density at radius 1 is 1.28 bits per heavy atom. The van der Waals surface area contributed by atoms with Crippen molar-refractivity contribution in [3.63, 3.8) is 0 Å². The smallest absolute Gasteiger partial charge is 0.276 e. The molecule has 1 fully saturated rings. The zero-order valence-corrected chi connectivity index (χ0v) is 14.7. The Balaban J connectivity index is 1.66. The summed E-state index contributed by atoms with van der Waals surface area (Å²) in [6, 6.07) is 1.76. The molecule has 0 radical (unpaired) electrons. The molecule has 0 aromatic carbocycles. The highest BCUT2D eigenvalue weighted by molar-refractivity contribution is 5.92. The first-order chi connectivity index (χ1) is 12.1. The number of aromatic nitrogens is 4. The lowest BCUT2D eigenvalue weighted by atomic mass is 9.91. The second-order valence-electron chi connectivity index (χ2n) is 7.03. The van der Waals surface area contributed by atoms with Gasteiger partial charge in [-0.15, -0.1) is 0 Å². The topological polar surface area (TPSA) is 73.0 Å². The van der Waals surface area contributed by atoms with E-state index in [0.29, 0.717) is 12.2 Å². The highest BCUT2D eigenvalue weighted by atomic mass is 16.2. The molecule has 7 heteroatoms. The summed E-state index contributed by atoms with van der Waals surface area (Å²) in [5.74, 6) is 1.11. The Bertz CT molecular complexity index is 882. The van der Waals surface area contributed by atoms with E-state index < -0.39 is 0 Å². The maximum atomic E-state index is 12.8. The van der Waals surface area contributed by atoms with Gasteiger partial charge in [0.25, 0.3) is 11.5 Å². The third kappa shape index (κ3) is 2.67. The Morgan fingerprint density at radius 3 is 2.88 bits per heavy atom. The maximum absolute atomic E-state index is 12.8. The van der Waals surface area contributed by atoms with Crippen LogP contribution >= 0.6 is 0 Å². The van der Waals surface area contributed by atoms with Crippen LogP contribution in [0.4, 0.5) is 0 Å². The van der Waals surface area contributed by atoms with Crippen LogP contribution in [0.2, 0.25) is 0 Å². The number of likely N-dealkylation sites (tertiary alicyclic amines) is 1. The molecule has 2 aromatic heterocycles. The molecule has 2 aromatic rings. The van der Waals surface area contributed by atoms with Crippen LogP contribution in [0.3, 0.4) is 0 Å². The summed E-state index contributed by atoms with van der Waals surface area (Å²) < 4.78 is 3.84. The first-order valence-corrected chi connectivity index (χ1v) is 8.93. The van der Waals surface area contributed by atoms with Crippen molar-refractivity contribution in [1.82, 2.24) is 24.2 Å². The van der Waals surface area contributed by atoms with Gasteiger partial charge in [-0.05, 0) is 32.3 Å². The van der Waals surface area contributed by atoms with Gasteiger partial charge in [0.2, 0.25) is 0 Å². The Hall–Kier alpha value is -2.44. The Kier molecular flexibility index (Phi) is 3.94. The maximum Gasteiger partial charge on any atom is 0.276 e. The van der Waals surface area contributed by atoms with Crippen LogP contribution in [0.15, 0.2) is 17.1 Å². The summed E-state index contributed by atoms with van der Waals surface area (Å²) in [6.45, 7) is 4.19. The first kappa shape index (κ1) is 16.1. The molecule has 1 saturated heterocycles. The van der Waals surface area contributed by atoms with Crippen LogP contribution in [-0.4, -0.2) is 43.2 Å². The predicted octanol–water partition coefficient (Wildman–Crippen LogP) is 1.25. The van der Waals surface area contributed by atoms with E-state index in [2.05, 4.69) is 14.6 Å². The fraction of sp³-hybridized carbons (Fsp3) is 0.556. The van der Waals surface area contributed by atoms with Crippen LogP contribution < -0.4 is 5.56 Å². The molecule has 4 rings (SSSR count). The molecule has 7 nitrogen and oxygen atoms in total. The van der Waals surface area contributed by atoms with Crippen LogP contribution in [0.25, 0.3) is 0 Å².